The zero-order valence-corrected chi connectivity index (χ0v) is 9.11. The van der Waals surface area contributed by atoms with Crippen LogP contribution in [0.25, 0.3) is 0 Å². The number of carbonyl (C=O) groups is 2. The maximum absolute atomic E-state index is 11.7. The van der Waals surface area contributed by atoms with Crippen LogP contribution in [0.3, 0.4) is 0 Å². The van der Waals surface area contributed by atoms with Crippen molar-refractivity contribution < 1.29 is 19.8 Å². The molecule has 0 aromatic heterocycles. The van der Waals surface area contributed by atoms with E-state index in [0.29, 0.717) is 0 Å². The topological polar surface area (TPSA) is 98.7 Å². The Hall–Kier alpha value is -1.14. The average Bonchev–Trinajstić information content (AvgIpc) is 2.29. The predicted molar refractivity (Wildman–Crippen MR) is 56.9 cm³/mol. The van der Waals surface area contributed by atoms with Crippen molar-refractivity contribution in [3.63, 3.8) is 0 Å². The van der Waals surface area contributed by atoms with Gasteiger partial charge in [0, 0.05) is 13.0 Å². The Bertz CT molecular complexity index is 251. The highest BCUT2D eigenvalue weighted by atomic mass is 16.4. The molecule has 16 heavy (non-hydrogen) atoms. The number of hydrogen-bond acceptors (Lipinski definition) is 4. The molecule has 0 bridgehead atoms. The third-order valence-electron chi connectivity index (χ3n) is 2.66. The Labute approximate surface area is 94.0 Å². The summed E-state index contributed by atoms with van der Waals surface area (Å²) in [6, 6.07) is -1.30. The second kappa shape index (κ2) is 6.44. The summed E-state index contributed by atoms with van der Waals surface area (Å²) in [6.45, 7) is 0.533. The summed E-state index contributed by atoms with van der Waals surface area (Å²) in [7, 11) is 0. The maximum atomic E-state index is 11.7. The molecule has 6 heteroatoms. The molecule has 0 aromatic rings. The van der Waals surface area contributed by atoms with Gasteiger partial charge in [0.1, 0.15) is 6.04 Å². The highest BCUT2D eigenvalue weighted by Gasteiger charge is 2.25. The fourth-order valence-electron chi connectivity index (χ4n) is 1.73. The van der Waals surface area contributed by atoms with Gasteiger partial charge in [-0.1, -0.05) is 6.42 Å². The van der Waals surface area contributed by atoms with Gasteiger partial charge in [-0.15, -0.1) is 0 Å². The quantitative estimate of drug-likeness (QED) is 0.489. The molecular formula is C10H18N2O4. The van der Waals surface area contributed by atoms with E-state index in [9.17, 15) is 9.59 Å². The molecule has 1 heterocycles. The summed E-state index contributed by atoms with van der Waals surface area (Å²) < 4.78 is 0. The normalized spacial score (nSPS) is 22.4. The van der Waals surface area contributed by atoms with Gasteiger partial charge in [0.15, 0.2) is 0 Å². The average molecular weight is 230 g/mol. The Morgan fingerprint density at radius 3 is 2.69 bits per heavy atom. The number of aliphatic hydroxyl groups is 1. The molecule has 0 unspecified atom stereocenters. The van der Waals surface area contributed by atoms with Gasteiger partial charge in [-0.05, 0) is 19.4 Å². The number of carboxylic acid groups (broad SMARTS) is 1. The van der Waals surface area contributed by atoms with Crippen LogP contribution in [-0.4, -0.2) is 47.3 Å². The number of piperidine rings is 1. The van der Waals surface area contributed by atoms with Crippen molar-refractivity contribution in [3.05, 3.63) is 0 Å². The van der Waals surface area contributed by atoms with Crippen molar-refractivity contribution in [2.24, 2.45) is 0 Å². The van der Waals surface area contributed by atoms with Crippen LogP contribution in [0.5, 0.6) is 0 Å². The molecule has 2 atom stereocenters. The lowest BCUT2D eigenvalue weighted by atomic mass is 10.0. The Morgan fingerprint density at radius 2 is 2.19 bits per heavy atom. The molecule has 0 radical (unpaired) electrons. The van der Waals surface area contributed by atoms with E-state index in [1.807, 2.05) is 0 Å². The first-order valence-electron chi connectivity index (χ1n) is 5.52. The summed E-state index contributed by atoms with van der Waals surface area (Å²) in [5, 5.41) is 22.9. The molecule has 6 nitrogen and oxygen atoms in total. The number of amides is 1. The highest BCUT2D eigenvalue weighted by molar-refractivity contribution is 5.86. The number of rotatable bonds is 5. The molecule has 0 spiro atoms. The summed E-state index contributed by atoms with van der Waals surface area (Å²) in [5.41, 5.74) is 0. The Morgan fingerprint density at radius 1 is 1.44 bits per heavy atom. The lowest BCUT2D eigenvalue weighted by molar-refractivity contribution is -0.142. The second-order valence-corrected chi connectivity index (χ2v) is 3.91. The van der Waals surface area contributed by atoms with E-state index in [-0.39, 0.29) is 25.0 Å². The number of carboxylic acids is 1. The van der Waals surface area contributed by atoms with Gasteiger partial charge in [-0.3, -0.25) is 4.79 Å². The second-order valence-electron chi connectivity index (χ2n) is 3.91. The lowest BCUT2D eigenvalue weighted by Gasteiger charge is -2.24. The summed E-state index contributed by atoms with van der Waals surface area (Å²) >= 11 is 0. The van der Waals surface area contributed by atoms with Gasteiger partial charge in [0.05, 0.1) is 6.04 Å². The van der Waals surface area contributed by atoms with Gasteiger partial charge in [-0.2, -0.15) is 0 Å². The molecule has 1 amide bonds. The third-order valence-corrected chi connectivity index (χ3v) is 2.66. The largest absolute Gasteiger partial charge is 0.480 e. The van der Waals surface area contributed by atoms with Gasteiger partial charge in [0.25, 0.3) is 0 Å². The van der Waals surface area contributed by atoms with Crippen molar-refractivity contribution >= 4 is 11.9 Å². The fourth-order valence-corrected chi connectivity index (χ4v) is 1.73. The zero-order valence-electron chi connectivity index (χ0n) is 9.11. The van der Waals surface area contributed by atoms with Crippen molar-refractivity contribution in [2.75, 3.05) is 13.2 Å². The fraction of sp³-hybridized carbons (Fsp3) is 0.800. The van der Waals surface area contributed by atoms with Crippen LogP contribution < -0.4 is 10.6 Å². The van der Waals surface area contributed by atoms with E-state index in [1.165, 1.54) is 0 Å². The number of hydrogen-bond donors (Lipinski definition) is 4. The van der Waals surface area contributed by atoms with Crippen molar-refractivity contribution in [2.45, 2.75) is 37.8 Å². The SMILES string of the molecule is O=C(N[C@H](CCO)C(=O)O)[C@@H]1CCCCN1. The predicted octanol–water partition coefficient (Wildman–Crippen LogP) is -0.920. The van der Waals surface area contributed by atoms with E-state index in [2.05, 4.69) is 10.6 Å². The van der Waals surface area contributed by atoms with Crippen LogP contribution in [0.4, 0.5) is 0 Å². The van der Waals surface area contributed by atoms with Gasteiger partial charge < -0.3 is 20.8 Å². The first-order chi connectivity index (χ1) is 7.65. The van der Waals surface area contributed by atoms with E-state index in [1.54, 1.807) is 0 Å². The summed E-state index contributed by atoms with van der Waals surface area (Å²) in [6.07, 6.45) is 2.79. The minimum absolute atomic E-state index is 0.0355. The van der Waals surface area contributed by atoms with E-state index >= 15 is 0 Å². The molecule has 1 saturated heterocycles. The van der Waals surface area contributed by atoms with Crippen molar-refractivity contribution in [1.82, 2.24) is 10.6 Å². The van der Waals surface area contributed by atoms with Crippen molar-refractivity contribution in [3.8, 4) is 0 Å². The first kappa shape index (κ1) is 12.9. The van der Waals surface area contributed by atoms with Crippen LogP contribution in [-0.2, 0) is 9.59 Å². The van der Waals surface area contributed by atoms with Crippen LogP contribution in [0.1, 0.15) is 25.7 Å². The van der Waals surface area contributed by atoms with Gasteiger partial charge in [0.2, 0.25) is 5.91 Å². The van der Waals surface area contributed by atoms with Gasteiger partial charge >= 0.3 is 5.97 Å². The zero-order chi connectivity index (χ0) is 12.0. The van der Waals surface area contributed by atoms with Crippen LogP contribution >= 0.6 is 0 Å². The lowest BCUT2D eigenvalue weighted by Crippen LogP contribution is -2.51. The Balaban J connectivity index is 2.43. The standard InChI is InChI=1S/C10H18N2O4/c13-6-4-8(10(15)16)12-9(14)7-3-1-2-5-11-7/h7-8,11,13H,1-6H2,(H,12,14)(H,15,16)/t7-,8+/m0/s1. The van der Waals surface area contributed by atoms with E-state index in [0.717, 1.165) is 25.8 Å². The maximum Gasteiger partial charge on any atom is 0.326 e. The van der Waals surface area contributed by atoms with Crippen LogP contribution in [0, 0.1) is 0 Å². The molecule has 0 saturated carbocycles. The molecule has 0 aliphatic carbocycles. The molecule has 4 N–H and O–H groups in total. The smallest absolute Gasteiger partial charge is 0.326 e. The minimum atomic E-state index is -1.11. The molecule has 1 rings (SSSR count). The van der Waals surface area contributed by atoms with Crippen LogP contribution in [0.15, 0.2) is 0 Å². The highest BCUT2D eigenvalue weighted by Crippen LogP contribution is 2.07. The molecule has 1 fully saturated rings. The van der Waals surface area contributed by atoms with Crippen LogP contribution in [0.2, 0.25) is 0 Å². The third kappa shape index (κ3) is 3.79. The molecular weight excluding hydrogens is 212 g/mol. The Kier molecular flexibility index (Phi) is 5.21. The minimum Gasteiger partial charge on any atom is -0.480 e. The molecule has 1 aliphatic heterocycles. The molecule has 92 valence electrons. The van der Waals surface area contributed by atoms with Gasteiger partial charge in [-0.25, -0.2) is 4.79 Å². The van der Waals surface area contributed by atoms with E-state index in [4.69, 9.17) is 10.2 Å². The first-order valence-corrected chi connectivity index (χ1v) is 5.52. The summed E-state index contributed by atoms with van der Waals surface area (Å²) in [5.74, 6) is -1.40. The van der Waals surface area contributed by atoms with E-state index < -0.39 is 12.0 Å². The summed E-state index contributed by atoms with van der Waals surface area (Å²) in [4.78, 5) is 22.4. The number of nitrogens with one attached hydrogen (secondary N) is 2. The number of aliphatic hydroxyl groups excluding tert-OH is 1. The monoisotopic (exact) mass is 230 g/mol. The number of aliphatic carboxylic acids is 1. The van der Waals surface area contributed by atoms with Crippen molar-refractivity contribution in [1.29, 1.82) is 0 Å². The molecule has 1 aliphatic rings. The number of carbonyl (C=O) groups excluding carboxylic acids is 1. The molecule has 0 aromatic carbocycles.